The molecule has 0 amide bonds. The van der Waals surface area contributed by atoms with E-state index in [1.807, 2.05) is 0 Å². The van der Waals surface area contributed by atoms with Crippen LogP contribution in [0.1, 0.15) is 0 Å². The Labute approximate surface area is 69.0 Å². The molecule has 8 heteroatoms. The van der Waals surface area contributed by atoms with Crippen LogP contribution in [0.2, 0.25) is 0 Å². The van der Waals surface area contributed by atoms with Crippen molar-refractivity contribution in [1.29, 1.82) is 0 Å². The number of hydrogen-bond acceptors (Lipinski definition) is 6. The summed E-state index contributed by atoms with van der Waals surface area (Å²) in [4.78, 5) is 0. The molecule has 0 saturated heterocycles. The molecule has 0 saturated carbocycles. The molecule has 0 heterocycles. The van der Waals surface area contributed by atoms with E-state index >= 15 is 0 Å². The zero-order valence-corrected chi connectivity index (χ0v) is 10.9. The summed E-state index contributed by atoms with van der Waals surface area (Å²) < 4.78 is 51.8. The normalized spacial score (nSPS) is 3.75. The first-order valence-electron chi connectivity index (χ1n) is 1.41. The van der Waals surface area contributed by atoms with Gasteiger partial charge in [-0.15, -0.1) is 0 Å². The molecule has 0 spiro atoms. The van der Waals surface area contributed by atoms with Crippen molar-refractivity contribution in [3.63, 3.8) is 0 Å². The fourth-order valence-corrected chi connectivity index (χ4v) is 0. The van der Waals surface area contributed by atoms with Crippen molar-refractivity contribution >= 4 is 0 Å². The summed E-state index contributed by atoms with van der Waals surface area (Å²) in [6.45, 7) is 0. The third-order valence-electron chi connectivity index (χ3n) is 0. The molecule has 0 aromatic heterocycles. The summed E-state index contributed by atoms with van der Waals surface area (Å²) in [6, 6.07) is 0. The zero-order valence-electron chi connectivity index (χ0n) is 3.60. The van der Waals surface area contributed by atoms with Crippen molar-refractivity contribution < 1.29 is 70.6 Å². The predicted molar refractivity (Wildman–Crippen MR) is 4.12 cm³/mol. The predicted octanol–water partition coefficient (Wildman–Crippen LogP) is -0.713. The summed E-state index contributed by atoms with van der Waals surface area (Å²) in [5.74, 6) is 0. The van der Waals surface area contributed by atoms with Crippen LogP contribution in [0.4, 0.5) is 0 Å². The summed E-state index contributed by atoms with van der Waals surface area (Å²) in [6.07, 6.45) is 0. The van der Waals surface area contributed by atoms with E-state index in [4.69, 9.17) is 10.2 Å². The molecule has 42 valence electrons. The Balaban J connectivity index is 0. The molecule has 0 aromatic carbocycles. The molecule has 0 atom stereocenters. The molecule has 0 aromatic rings. The third kappa shape index (κ3) is 195. The quantitative estimate of drug-likeness (QED) is 0.555. The van der Waals surface area contributed by atoms with E-state index in [0.29, 0.717) is 0 Å². The maximum absolute atomic E-state index is 8.64. The van der Waals surface area contributed by atoms with Crippen molar-refractivity contribution in [3.8, 4) is 0 Å². The van der Waals surface area contributed by atoms with Gasteiger partial charge in [0.25, 0.3) is 0 Å². The topological polar surface area (TPSA) is 102 Å². The second-order valence-corrected chi connectivity index (χ2v) is 4.20. The van der Waals surface area contributed by atoms with Crippen LogP contribution in [0.15, 0.2) is 0 Å². The minimum absolute atomic E-state index is 4.47. The maximum atomic E-state index is 8.64. The van der Waals surface area contributed by atoms with Gasteiger partial charge in [-0.05, 0) is 0 Å². The van der Waals surface area contributed by atoms with Gasteiger partial charge in [0.15, 0.2) is 0 Å². The molecule has 0 aliphatic heterocycles. The van der Waals surface area contributed by atoms with Gasteiger partial charge in [-0.2, -0.15) is 0 Å². The van der Waals surface area contributed by atoms with E-state index in [2.05, 4.69) is 0 Å². The summed E-state index contributed by atoms with van der Waals surface area (Å²) in [5.41, 5.74) is 0. The number of hydrogen-bond donors (Lipinski definition) is 0. The molecular weight excluding hydrogens is 374 g/mol. The molecular formula is La2O6. The van der Waals surface area contributed by atoms with Crippen molar-refractivity contribution in [2.45, 2.75) is 0 Å². The van der Waals surface area contributed by atoms with Gasteiger partial charge in [-0.25, -0.2) is 0 Å². The van der Waals surface area contributed by atoms with Gasteiger partial charge in [-0.1, -0.05) is 0 Å². The van der Waals surface area contributed by atoms with Gasteiger partial charge in [0, 0.05) is 0 Å². The van der Waals surface area contributed by atoms with Crippen LogP contribution in [0, 0.1) is 60.5 Å². The molecule has 0 radical (unpaired) electrons. The molecule has 0 bridgehead atoms. The van der Waals surface area contributed by atoms with Crippen molar-refractivity contribution in [1.82, 2.24) is 0 Å². The van der Waals surface area contributed by atoms with Crippen molar-refractivity contribution in [2.24, 2.45) is 0 Å². The van der Waals surface area contributed by atoms with Crippen molar-refractivity contribution in [3.05, 3.63) is 0 Å². The molecule has 6 nitrogen and oxygen atoms in total. The molecule has 0 N–H and O–H groups in total. The Kier molecular flexibility index (Phi) is 12.2. The average Bonchev–Trinajstić information content (AvgIpc) is 1.25. The van der Waals surface area contributed by atoms with E-state index in [1.165, 1.54) is 0 Å². The molecule has 0 aliphatic rings. The van der Waals surface area contributed by atoms with E-state index in [9.17, 15) is 0 Å². The van der Waals surface area contributed by atoms with Gasteiger partial charge in [-0.3, -0.25) is 0 Å². The zero-order chi connectivity index (χ0) is 7.15. The Bertz CT molecular complexity index is 175. The summed E-state index contributed by atoms with van der Waals surface area (Å²) in [5, 5.41) is 0. The molecule has 0 aliphatic carbocycles. The van der Waals surface area contributed by atoms with E-state index in [0.717, 1.165) is 0 Å². The summed E-state index contributed by atoms with van der Waals surface area (Å²) in [7, 11) is 0. The Hall–Kier alpha value is 1.19. The van der Waals surface area contributed by atoms with Gasteiger partial charge >= 0.3 is 70.6 Å². The van der Waals surface area contributed by atoms with Crippen LogP contribution in [0.25, 0.3) is 0 Å². The monoisotopic (exact) mass is 374 g/mol. The fourth-order valence-electron chi connectivity index (χ4n) is 0. The minimum atomic E-state index is -4.47. The van der Waals surface area contributed by atoms with Crippen LogP contribution in [0.5, 0.6) is 0 Å². The Morgan fingerprint density at radius 3 is 0.500 bits per heavy atom. The van der Waals surface area contributed by atoms with Crippen molar-refractivity contribution in [2.75, 3.05) is 0 Å². The second kappa shape index (κ2) is 8.19. The summed E-state index contributed by atoms with van der Waals surface area (Å²) >= 11 is -8.94. The third-order valence-corrected chi connectivity index (χ3v) is 0. The van der Waals surface area contributed by atoms with Crippen LogP contribution < -0.4 is 0 Å². The van der Waals surface area contributed by atoms with Crippen LogP contribution in [0.3, 0.4) is 0 Å². The first-order valence-corrected chi connectivity index (χ1v) is 10.3. The second-order valence-electron chi connectivity index (χ2n) is 0.577. The van der Waals surface area contributed by atoms with E-state index in [-0.39, 0.29) is 0 Å². The average molecular weight is 374 g/mol. The molecule has 0 rings (SSSR count). The number of rotatable bonds is 0. The first-order chi connectivity index (χ1) is 3.46. The van der Waals surface area contributed by atoms with E-state index < -0.39 is 60.5 Å². The van der Waals surface area contributed by atoms with Crippen LogP contribution >= 0.6 is 0 Å². The SMILES string of the molecule is [O]=[La](=[O])=[O].[O]=[La](=[O])=[O]. The Morgan fingerprint density at radius 2 is 0.500 bits per heavy atom. The first kappa shape index (κ1) is 11.9. The van der Waals surface area contributed by atoms with Crippen LogP contribution in [-0.2, 0) is 10.2 Å². The Morgan fingerprint density at radius 1 is 0.500 bits per heavy atom. The molecule has 8 heavy (non-hydrogen) atoms. The van der Waals surface area contributed by atoms with Crippen LogP contribution in [-0.4, -0.2) is 0 Å². The molecule has 0 unspecified atom stereocenters. The van der Waals surface area contributed by atoms with Gasteiger partial charge in [0.2, 0.25) is 0 Å². The van der Waals surface area contributed by atoms with Gasteiger partial charge in [0.1, 0.15) is 0 Å². The standard InChI is InChI=1S/2La.6O. The van der Waals surface area contributed by atoms with E-state index in [1.54, 1.807) is 0 Å². The van der Waals surface area contributed by atoms with Gasteiger partial charge < -0.3 is 0 Å². The fraction of sp³-hybridized carbons (Fsp3) is 0. The van der Waals surface area contributed by atoms with Gasteiger partial charge in [0.05, 0.1) is 0 Å². The molecule has 0 fully saturated rings.